The van der Waals surface area contributed by atoms with Crippen LogP contribution in [0.3, 0.4) is 0 Å². The fourth-order valence-corrected chi connectivity index (χ4v) is 9.31. The van der Waals surface area contributed by atoms with Crippen LogP contribution in [-0.4, -0.2) is 9.13 Å². The Morgan fingerprint density at radius 3 is 1.69 bits per heavy atom. The third-order valence-corrected chi connectivity index (χ3v) is 11.5. The van der Waals surface area contributed by atoms with Crippen molar-refractivity contribution >= 4 is 85.9 Å². The number of hydrogen-bond acceptors (Lipinski definition) is 1. The standard InChI is InChI=1S/C46H28N2S/c1-2-11-31-26-33(25-20-29(31)10-1)48-42-18-7-4-13-36(42)40-27-39-35-12-3-6-17-41(35)47(43(39)28-44(40)48)32-23-21-30(22-24-32)34-15-9-16-38-37-14-5-8-19-45(37)49-46(34)38/h1-28H. The Morgan fingerprint density at radius 1 is 0.347 bits per heavy atom. The Hall–Kier alpha value is -6.16. The van der Waals surface area contributed by atoms with Crippen molar-refractivity contribution < 1.29 is 0 Å². The number of hydrogen-bond donors (Lipinski definition) is 0. The minimum Gasteiger partial charge on any atom is -0.309 e. The summed E-state index contributed by atoms with van der Waals surface area (Å²) < 4.78 is 7.56. The van der Waals surface area contributed by atoms with Crippen LogP contribution in [0.15, 0.2) is 170 Å². The molecule has 11 aromatic rings. The van der Waals surface area contributed by atoms with Gasteiger partial charge in [-0.2, -0.15) is 0 Å². The highest BCUT2D eigenvalue weighted by Gasteiger charge is 2.19. The Kier molecular flexibility index (Phi) is 5.57. The molecule has 3 aromatic heterocycles. The molecule has 49 heavy (non-hydrogen) atoms. The molecule has 0 spiro atoms. The smallest absolute Gasteiger partial charge is 0.0562 e. The minimum absolute atomic E-state index is 1.16. The van der Waals surface area contributed by atoms with Gasteiger partial charge in [-0.3, -0.25) is 0 Å². The lowest BCUT2D eigenvalue weighted by molar-refractivity contribution is 1.17. The molecule has 8 aromatic carbocycles. The number of aromatic nitrogens is 2. The second-order valence-electron chi connectivity index (χ2n) is 13.0. The van der Waals surface area contributed by atoms with E-state index < -0.39 is 0 Å². The first kappa shape index (κ1) is 26.9. The van der Waals surface area contributed by atoms with E-state index in [0.717, 1.165) is 5.69 Å². The lowest BCUT2D eigenvalue weighted by Crippen LogP contribution is -1.96. The Bertz CT molecular complexity index is 3100. The monoisotopic (exact) mass is 640 g/mol. The van der Waals surface area contributed by atoms with Crippen LogP contribution in [-0.2, 0) is 0 Å². The zero-order valence-electron chi connectivity index (χ0n) is 26.5. The van der Waals surface area contributed by atoms with Gasteiger partial charge in [0, 0.05) is 53.1 Å². The number of nitrogens with zero attached hydrogens (tertiary/aromatic N) is 2. The molecule has 0 aliphatic rings. The van der Waals surface area contributed by atoms with Crippen LogP contribution < -0.4 is 0 Å². The summed E-state index contributed by atoms with van der Waals surface area (Å²) in [5.74, 6) is 0. The number of thiophene rings is 1. The van der Waals surface area contributed by atoms with E-state index in [-0.39, 0.29) is 0 Å². The van der Waals surface area contributed by atoms with Gasteiger partial charge in [0.25, 0.3) is 0 Å². The van der Waals surface area contributed by atoms with Crippen LogP contribution >= 0.6 is 11.3 Å². The molecule has 0 unspecified atom stereocenters. The van der Waals surface area contributed by atoms with E-state index in [9.17, 15) is 0 Å². The molecule has 228 valence electrons. The van der Waals surface area contributed by atoms with Crippen molar-refractivity contribution in [3.8, 4) is 22.5 Å². The molecule has 0 atom stereocenters. The van der Waals surface area contributed by atoms with Crippen molar-refractivity contribution in [3.05, 3.63) is 170 Å². The summed E-state index contributed by atoms with van der Waals surface area (Å²) >= 11 is 1.88. The first-order valence-electron chi connectivity index (χ1n) is 16.8. The van der Waals surface area contributed by atoms with Gasteiger partial charge in [-0.25, -0.2) is 0 Å². The van der Waals surface area contributed by atoms with Gasteiger partial charge >= 0.3 is 0 Å². The molecule has 0 amide bonds. The highest BCUT2D eigenvalue weighted by Crippen LogP contribution is 2.42. The average molecular weight is 641 g/mol. The van der Waals surface area contributed by atoms with E-state index >= 15 is 0 Å². The number of fused-ring (bicyclic) bond motifs is 10. The maximum Gasteiger partial charge on any atom is 0.0562 e. The number of benzene rings is 8. The van der Waals surface area contributed by atoms with Gasteiger partial charge in [0.1, 0.15) is 0 Å². The molecule has 0 saturated heterocycles. The highest BCUT2D eigenvalue weighted by atomic mass is 32.1. The molecule has 0 radical (unpaired) electrons. The molecule has 3 heteroatoms. The van der Waals surface area contributed by atoms with E-state index in [0.29, 0.717) is 0 Å². The Morgan fingerprint density at radius 2 is 0.939 bits per heavy atom. The van der Waals surface area contributed by atoms with Crippen LogP contribution in [0, 0.1) is 0 Å². The van der Waals surface area contributed by atoms with Crippen LogP contribution in [0.4, 0.5) is 0 Å². The molecule has 3 heterocycles. The van der Waals surface area contributed by atoms with E-state index in [1.54, 1.807) is 0 Å². The predicted octanol–water partition coefficient (Wildman–Crippen LogP) is 13.1. The maximum absolute atomic E-state index is 2.44. The average Bonchev–Trinajstić information content (AvgIpc) is 3.81. The third kappa shape index (κ3) is 3.88. The fraction of sp³-hybridized carbons (Fsp3) is 0. The summed E-state index contributed by atoms with van der Waals surface area (Å²) in [4.78, 5) is 0. The van der Waals surface area contributed by atoms with Crippen molar-refractivity contribution in [1.82, 2.24) is 9.13 Å². The summed E-state index contributed by atoms with van der Waals surface area (Å²) in [5, 5.41) is 10.2. The molecule has 0 aliphatic carbocycles. The van der Waals surface area contributed by atoms with Crippen molar-refractivity contribution in [3.63, 3.8) is 0 Å². The van der Waals surface area contributed by atoms with Crippen LogP contribution in [0.1, 0.15) is 0 Å². The quantitative estimate of drug-likeness (QED) is 0.182. The normalized spacial score (nSPS) is 12.1. The third-order valence-electron chi connectivity index (χ3n) is 10.3. The lowest BCUT2D eigenvalue weighted by Gasteiger charge is -2.12. The van der Waals surface area contributed by atoms with Crippen molar-refractivity contribution in [2.75, 3.05) is 0 Å². The largest absolute Gasteiger partial charge is 0.309 e. The summed E-state index contributed by atoms with van der Waals surface area (Å²) in [5.41, 5.74) is 9.70. The van der Waals surface area contributed by atoms with E-state index in [1.807, 2.05) is 11.3 Å². The topological polar surface area (TPSA) is 9.86 Å². The van der Waals surface area contributed by atoms with Gasteiger partial charge < -0.3 is 9.13 Å². The van der Waals surface area contributed by atoms with Gasteiger partial charge in [-0.15, -0.1) is 11.3 Å². The second kappa shape index (κ2) is 10.2. The van der Waals surface area contributed by atoms with Gasteiger partial charge in [0.2, 0.25) is 0 Å². The predicted molar refractivity (Wildman–Crippen MR) is 211 cm³/mol. The Balaban J connectivity index is 1.15. The zero-order chi connectivity index (χ0) is 32.1. The first-order valence-corrected chi connectivity index (χ1v) is 17.6. The van der Waals surface area contributed by atoms with Gasteiger partial charge in [0.15, 0.2) is 0 Å². The van der Waals surface area contributed by atoms with Gasteiger partial charge in [-0.05, 0) is 76.5 Å². The molecule has 11 rings (SSSR count). The lowest BCUT2D eigenvalue weighted by atomic mass is 10.0. The summed E-state index contributed by atoms with van der Waals surface area (Å²) in [6, 6.07) is 62.5. The molecule has 0 bridgehead atoms. The summed E-state index contributed by atoms with van der Waals surface area (Å²) in [7, 11) is 0. The van der Waals surface area contributed by atoms with Crippen LogP contribution in [0.25, 0.3) is 97.1 Å². The summed E-state index contributed by atoms with van der Waals surface area (Å²) in [6.07, 6.45) is 0. The molecule has 2 nitrogen and oxygen atoms in total. The fourth-order valence-electron chi connectivity index (χ4n) is 8.07. The summed E-state index contributed by atoms with van der Waals surface area (Å²) in [6.45, 7) is 0. The first-order chi connectivity index (χ1) is 24.3. The molecular formula is C46H28N2S. The highest BCUT2D eigenvalue weighted by molar-refractivity contribution is 7.26. The van der Waals surface area contributed by atoms with Gasteiger partial charge in [-0.1, -0.05) is 115 Å². The number of rotatable bonds is 3. The molecule has 0 N–H and O–H groups in total. The molecular weight excluding hydrogens is 613 g/mol. The van der Waals surface area contributed by atoms with E-state index in [1.165, 1.54) is 91.4 Å². The SMILES string of the molecule is c1ccc2cc(-n3c4ccccc4c4cc5c6ccccc6n(-c6ccc(-c7cccc8c7sc7ccccc78)cc6)c5cc43)ccc2c1. The van der Waals surface area contributed by atoms with E-state index in [4.69, 9.17) is 0 Å². The van der Waals surface area contributed by atoms with Gasteiger partial charge in [0.05, 0.1) is 22.1 Å². The zero-order valence-corrected chi connectivity index (χ0v) is 27.3. The minimum atomic E-state index is 1.16. The Labute approximate surface area is 286 Å². The molecule has 0 saturated carbocycles. The maximum atomic E-state index is 2.44. The van der Waals surface area contributed by atoms with Crippen molar-refractivity contribution in [1.29, 1.82) is 0 Å². The van der Waals surface area contributed by atoms with E-state index in [2.05, 4.69) is 179 Å². The molecule has 0 aliphatic heterocycles. The molecule has 0 fully saturated rings. The van der Waals surface area contributed by atoms with Crippen molar-refractivity contribution in [2.24, 2.45) is 0 Å². The van der Waals surface area contributed by atoms with Crippen LogP contribution in [0.2, 0.25) is 0 Å². The number of para-hydroxylation sites is 2. The second-order valence-corrected chi connectivity index (χ2v) is 14.0. The van der Waals surface area contributed by atoms with Crippen molar-refractivity contribution in [2.45, 2.75) is 0 Å². The van der Waals surface area contributed by atoms with Crippen LogP contribution in [0.5, 0.6) is 0 Å².